The predicted molar refractivity (Wildman–Crippen MR) is 114 cm³/mol. The summed E-state index contributed by atoms with van der Waals surface area (Å²) in [7, 11) is 0. The molecule has 0 unspecified atom stereocenters. The lowest BCUT2D eigenvalue weighted by Gasteiger charge is -2.23. The van der Waals surface area contributed by atoms with Crippen LogP contribution in [0.1, 0.15) is 24.2 Å². The van der Waals surface area contributed by atoms with Gasteiger partial charge in [0.15, 0.2) is 6.10 Å². The lowest BCUT2D eigenvalue weighted by atomic mass is 9.92. The summed E-state index contributed by atoms with van der Waals surface area (Å²) in [5.41, 5.74) is 10.5. The van der Waals surface area contributed by atoms with Crippen LogP contribution < -0.4 is 0 Å². The van der Waals surface area contributed by atoms with Crippen molar-refractivity contribution >= 4 is 27.5 Å². The van der Waals surface area contributed by atoms with Gasteiger partial charge in [0.2, 0.25) is 0 Å². The van der Waals surface area contributed by atoms with Gasteiger partial charge < -0.3 is 4.74 Å². The number of carbonyl (C=O) groups is 1. The van der Waals surface area contributed by atoms with Crippen molar-refractivity contribution in [2.75, 3.05) is 0 Å². The molecule has 0 aliphatic carbocycles. The van der Waals surface area contributed by atoms with Gasteiger partial charge in [0.1, 0.15) is 6.04 Å². The lowest BCUT2D eigenvalue weighted by Crippen LogP contribution is -2.21. The third-order valence-corrected chi connectivity index (χ3v) is 5.01. The molecule has 0 N–H and O–H groups in total. The third-order valence-electron chi connectivity index (χ3n) is 5.01. The Morgan fingerprint density at radius 1 is 0.828 bits per heavy atom. The largest absolute Gasteiger partial charge is 0.452 e. The van der Waals surface area contributed by atoms with Crippen molar-refractivity contribution in [2.24, 2.45) is 5.11 Å². The molecule has 0 saturated carbocycles. The van der Waals surface area contributed by atoms with E-state index in [-0.39, 0.29) is 0 Å². The molecule has 0 spiro atoms. The van der Waals surface area contributed by atoms with E-state index in [9.17, 15) is 4.79 Å². The minimum absolute atomic E-state index is 0.561. The van der Waals surface area contributed by atoms with Crippen LogP contribution >= 0.6 is 0 Å². The van der Waals surface area contributed by atoms with E-state index >= 15 is 0 Å². The van der Waals surface area contributed by atoms with Gasteiger partial charge in [-0.3, -0.25) is 4.79 Å². The minimum atomic E-state index is -0.910. The fraction of sp³-hybridized carbons (Fsp3) is 0.125. The van der Waals surface area contributed by atoms with Crippen LogP contribution in [0.25, 0.3) is 32.0 Å². The Bertz CT molecular complexity index is 1160. The molecule has 0 amide bonds. The van der Waals surface area contributed by atoms with Crippen molar-refractivity contribution in [2.45, 2.75) is 19.1 Å². The highest BCUT2D eigenvalue weighted by atomic mass is 16.5. The number of esters is 1. The van der Waals surface area contributed by atoms with E-state index in [1.54, 1.807) is 0 Å². The highest BCUT2D eigenvalue weighted by Crippen LogP contribution is 2.36. The first-order valence-corrected chi connectivity index (χ1v) is 9.39. The van der Waals surface area contributed by atoms with Gasteiger partial charge in [0, 0.05) is 16.0 Å². The minimum Gasteiger partial charge on any atom is -0.452 e. The summed E-state index contributed by atoms with van der Waals surface area (Å²) in [5.74, 6) is -0.561. The Kier molecular flexibility index (Phi) is 5.14. The molecule has 5 heteroatoms. The van der Waals surface area contributed by atoms with Crippen LogP contribution in [0.3, 0.4) is 0 Å². The molecule has 0 fully saturated rings. The van der Waals surface area contributed by atoms with E-state index in [1.807, 2.05) is 84.9 Å². The molecule has 0 aliphatic rings. The average Bonchev–Trinajstić information content (AvgIpc) is 2.77. The Hall–Kier alpha value is -3.82. The molecule has 4 aromatic rings. The second-order valence-corrected chi connectivity index (χ2v) is 6.83. The van der Waals surface area contributed by atoms with E-state index in [0.29, 0.717) is 0 Å². The van der Waals surface area contributed by atoms with Crippen molar-refractivity contribution in [3.63, 3.8) is 0 Å². The molecule has 4 rings (SSSR count). The van der Waals surface area contributed by atoms with Crippen LogP contribution in [0.4, 0.5) is 0 Å². The summed E-state index contributed by atoms with van der Waals surface area (Å²) in [5, 5.41) is 7.65. The van der Waals surface area contributed by atoms with Gasteiger partial charge in [-0.25, -0.2) is 0 Å². The number of rotatable bonds is 5. The predicted octanol–water partition coefficient (Wildman–Crippen LogP) is 6.32. The molecule has 0 aliphatic heterocycles. The molecule has 0 saturated heterocycles. The Morgan fingerprint density at radius 3 is 1.83 bits per heavy atom. The summed E-state index contributed by atoms with van der Waals surface area (Å²) in [6, 6.07) is 27.0. The third kappa shape index (κ3) is 3.64. The molecule has 0 heterocycles. The molecule has 142 valence electrons. The normalized spacial score (nSPS) is 11.9. The van der Waals surface area contributed by atoms with Gasteiger partial charge in [-0.05, 0) is 34.0 Å². The highest BCUT2D eigenvalue weighted by molar-refractivity contribution is 5.90. The topological polar surface area (TPSA) is 75.1 Å². The molecule has 0 aromatic heterocycles. The molecule has 5 nitrogen and oxygen atoms in total. The number of fused-ring (bicyclic) bond motifs is 2. The smallest absolute Gasteiger partial charge is 0.315 e. The maximum absolute atomic E-state index is 12.7. The molecule has 1 atom stereocenters. The fourth-order valence-corrected chi connectivity index (χ4v) is 3.59. The molecule has 4 aromatic carbocycles. The average molecular weight is 381 g/mol. The second kappa shape index (κ2) is 8.05. The van der Waals surface area contributed by atoms with Crippen molar-refractivity contribution in [1.29, 1.82) is 0 Å². The van der Waals surface area contributed by atoms with Gasteiger partial charge in [-0.1, -0.05) is 90.0 Å². The Morgan fingerprint density at radius 2 is 1.31 bits per heavy atom. The second-order valence-electron chi connectivity index (χ2n) is 6.83. The molecule has 0 radical (unpaired) electrons. The number of nitrogens with zero attached hydrogens (tertiary/aromatic N) is 3. The first-order chi connectivity index (χ1) is 14.2. The van der Waals surface area contributed by atoms with Crippen LogP contribution in [0.2, 0.25) is 0 Å². The standard InChI is InChI=1S/C24H19N3O2/c1-16(26-27-25)24(28)29-23(21-14-6-10-17-8-2-4-12-19(17)21)22-15-7-11-18-9-3-5-13-20(18)22/h2-16,23H,1H3/t16-/m0/s1. The fourth-order valence-electron chi connectivity index (χ4n) is 3.59. The van der Waals surface area contributed by atoms with Crippen LogP contribution in [0.5, 0.6) is 0 Å². The van der Waals surface area contributed by atoms with E-state index in [1.165, 1.54) is 6.92 Å². The van der Waals surface area contributed by atoms with Gasteiger partial charge in [0.25, 0.3) is 0 Å². The zero-order chi connectivity index (χ0) is 20.2. The van der Waals surface area contributed by atoms with Gasteiger partial charge >= 0.3 is 5.97 Å². The van der Waals surface area contributed by atoms with Crippen molar-refractivity contribution in [3.8, 4) is 0 Å². The number of carbonyl (C=O) groups excluding carboxylic acids is 1. The van der Waals surface area contributed by atoms with E-state index in [2.05, 4.69) is 10.0 Å². The van der Waals surface area contributed by atoms with E-state index in [0.717, 1.165) is 32.7 Å². The Balaban J connectivity index is 1.92. The summed E-state index contributed by atoms with van der Waals surface area (Å²) in [6.45, 7) is 1.53. The van der Waals surface area contributed by atoms with Gasteiger partial charge in [-0.15, -0.1) is 0 Å². The van der Waals surface area contributed by atoms with Crippen molar-refractivity contribution in [3.05, 3.63) is 106 Å². The molecule has 0 bridgehead atoms. The first-order valence-electron chi connectivity index (χ1n) is 9.39. The zero-order valence-corrected chi connectivity index (χ0v) is 15.9. The number of ether oxygens (including phenoxy) is 1. The van der Waals surface area contributed by atoms with Crippen LogP contribution in [-0.4, -0.2) is 12.0 Å². The molecular weight excluding hydrogens is 362 g/mol. The molecular formula is C24H19N3O2. The van der Waals surface area contributed by atoms with E-state index < -0.39 is 18.1 Å². The number of hydrogen-bond donors (Lipinski definition) is 0. The van der Waals surface area contributed by atoms with Crippen molar-refractivity contribution < 1.29 is 9.53 Å². The summed E-state index contributed by atoms with van der Waals surface area (Å²) >= 11 is 0. The van der Waals surface area contributed by atoms with Gasteiger partial charge in [0.05, 0.1) is 0 Å². The summed E-state index contributed by atoms with van der Waals surface area (Å²) in [4.78, 5) is 15.4. The lowest BCUT2D eigenvalue weighted by molar-refractivity contribution is -0.148. The summed E-state index contributed by atoms with van der Waals surface area (Å²) in [6.07, 6.45) is -0.629. The van der Waals surface area contributed by atoms with Crippen LogP contribution in [-0.2, 0) is 9.53 Å². The monoisotopic (exact) mass is 381 g/mol. The maximum atomic E-state index is 12.7. The van der Waals surface area contributed by atoms with Gasteiger partial charge in [-0.2, -0.15) is 0 Å². The number of azide groups is 1. The number of benzene rings is 4. The highest BCUT2D eigenvalue weighted by Gasteiger charge is 2.25. The number of hydrogen-bond acceptors (Lipinski definition) is 3. The Labute approximate surface area is 168 Å². The zero-order valence-electron chi connectivity index (χ0n) is 15.9. The van der Waals surface area contributed by atoms with Crippen LogP contribution in [0, 0.1) is 0 Å². The summed E-state index contributed by atoms with van der Waals surface area (Å²) < 4.78 is 5.95. The van der Waals surface area contributed by atoms with Crippen molar-refractivity contribution in [1.82, 2.24) is 0 Å². The molecule has 29 heavy (non-hydrogen) atoms. The van der Waals surface area contributed by atoms with Crippen LogP contribution in [0.15, 0.2) is 90.0 Å². The quantitative estimate of drug-likeness (QED) is 0.175. The van der Waals surface area contributed by atoms with E-state index in [4.69, 9.17) is 10.3 Å². The maximum Gasteiger partial charge on any atom is 0.315 e. The first kappa shape index (κ1) is 18.5. The SMILES string of the molecule is C[C@H](N=[N+]=[N-])C(=O)OC(c1cccc2ccccc12)c1cccc2ccccc12.